The van der Waals surface area contributed by atoms with Crippen molar-refractivity contribution in [1.29, 1.82) is 0 Å². The van der Waals surface area contributed by atoms with E-state index in [2.05, 4.69) is 34.2 Å². The Morgan fingerprint density at radius 3 is 1.50 bits per heavy atom. The summed E-state index contributed by atoms with van der Waals surface area (Å²) in [4.78, 5) is 0. The number of rotatable bonds is 0. The molecule has 0 rings (SSSR count). The molecule has 0 heterocycles. The van der Waals surface area contributed by atoms with E-state index in [9.17, 15) is 0 Å². The molecule has 0 aromatic rings. The number of hydrogen-bond acceptors (Lipinski definition) is 0. The molecule has 0 saturated carbocycles. The summed E-state index contributed by atoms with van der Waals surface area (Å²) in [6.07, 6.45) is 0. The summed E-state index contributed by atoms with van der Waals surface area (Å²) in [5.41, 5.74) is 0. The maximum absolute atomic E-state index is 3.25. The Hall–Kier alpha value is 1.04. The summed E-state index contributed by atoms with van der Waals surface area (Å²) >= 11 is 6.00. The van der Waals surface area contributed by atoms with Gasteiger partial charge < -0.3 is 6.92 Å². The van der Waals surface area contributed by atoms with Gasteiger partial charge in [-0.15, -0.1) is 0 Å². The topological polar surface area (TPSA) is 0 Å². The maximum atomic E-state index is 3.25. The molecular formula is C2H5Fe2. The molecule has 0 aliphatic carbocycles. The van der Waals surface area contributed by atoms with E-state index in [0.717, 1.165) is 0 Å². The molecule has 4 heavy (non-hydrogen) atoms. The Balaban J connectivity index is 0. The molecule has 0 aliphatic heterocycles. The van der Waals surface area contributed by atoms with E-state index >= 15 is 0 Å². The first kappa shape index (κ1) is 8.90. The van der Waals surface area contributed by atoms with Gasteiger partial charge in [-0.1, -0.05) is 0 Å². The standard InChI is InChI=1S/C2H5.2Fe/c1-2;;/h1H2,2H3;;/q-1;;+1. The first-order valence-corrected chi connectivity index (χ1v) is 2.83. The molecule has 29 valence electrons. The van der Waals surface area contributed by atoms with Crippen molar-refractivity contribution in [3.63, 3.8) is 0 Å². The Labute approximate surface area is 41.5 Å². The molecule has 0 saturated heterocycles. The van der Waals surface area contributed by atoms with Gasteiger partial charge in [0.2, 0.25) is 0 Å². The van der Waals surface area contributed by atoms with Gasteiger partial charge in [0.15, 0.2) is 0 Å². The monoisotopic (exact) mass is 141 g/mol. The molecule has 0 radical (unpaired) electrons. The van der Waals surface area contributed by atoms with Crippen LogP contribution in [-0.4, -0.2) is 0 Å². The molecule has 0 atom stereocenters. The first-order valence-electron chi connectivity index (χ1n) is 0.832. The van der Waals surface area contributed by atoms with Crippen molar-refractivity contribution >= 4 is 0 Å². The van der Waals surface area contributed by atoms with Crippen LogP contribution in [0.3, 0.4) is 0 Å². The fraction of sp³-hybridized carbons (Fsp3) is 0.500. The first-order chi connectivity index (χ1) is 2.00. The minimum absolute atomic E-state index is 1.75. The van der Waals surface area contributed by atoms with Crippen molar-refractivity contribution in [1.82, 2.24) is 0 Å². The molecule has 0 amide bonds. The molecule has 0 fully saturated rings. The van der Waals surface area contributed by atoms with Crippen LogP contribution in [0.4, 0.5) is 0 Å². The average molecular weight is 141 g/mol. The third kappa shape index (κ3) is 11.7. The van der Waals surface area contributed by atoms with E-state index in [0.29, 0.717) is 0 Å². The molecule has 0 nitrogen and oxygen atoms in total. The quantitative estimate of drug-likeness (QED) is 0.346. The van der Waals surface area contributed by atoms with Gasteiger partial charge in [-0.3, -0.25) is 0 Å². The summed E-state index contributed by atoms with van der Waals surface area (Å²) < 4.78 is 0. The van der Waals surface area contributed by atoms with E-state index in [-0.39, 0.29) is 0 Å². The van der Waals surface area contributed by atoms with Crippen LogP contribution in [0.25, 0.3) is 0 Å². The van der Waals surface area contributed by atoms with Gasteiger partial charge >= 0.3 is 27.3 Å². The zero-order chi connectivity index (χ0) is 4.00. The van der Waals surface area contributed by atoms with Gasteiger partial charge in [0, 0.05) is 0 Å². The summed E-state index contributed by atoms with van der Waals surface area (Å²) in [6.45, 7) is 5.00. The summed E-state index contributed by atoms with van der Waals surface area (Å²) in [5.74, 6) is 0. The zero-order valence-corrected chi connectivity index (χ0v) is 4.62. The van der Waals surface area contributed by atoms with E-state index in [1.54, 1.807) is 6.92 Å². The van der Waals surface area contributed by atoms with Crippen LogP contribution in [0.2, 0.25) is 0 Å². The fourth-order valence-corrected chi connectivity index (χ4v) is 0. The van der Waals surface area contributed by atoms with Crippen LogP contribution < -0.4 is 0 Å². The molecule has 0 bridgehead atoms. The fourth-order valence-electron chi connectivity index (χ4n) is 0. The Kier molecular flexibility index (Phi) is 76.9. The Bertz CT molecular complexity index is 4.00. The second kappa shape index (κ2) is 34.6. The zero-order valence-electron chi connectivity index (χ0n) is 2.41. The summed E-state index contributed by atoms with van der Waals surface area (Å²) in [6, 6.07) is 0. The van der Waals surface area contributed by atoms with Crippen molar-refractivity contribution in [3.05, 3.63) is 6.92 Å². The second-order valence-corrected chi connectivity index (χ2v) is 0. The van der Waals surface area contributed by atoms with E-state index in [4.69, 9.17) is 0 Å². The van der Waals surface area contributed by atoms with Gasteiger partial charge in [-0.25, -0.2) is 0 Å². The average Bonchev–Trinajstić information content (AvgIpc) is 1.50. The molecule has 0 aromatic heterocycles. The van der Waals surface area contributed by atoms with Crippen LogP contribution in [0.15, 0.2) is 0 Å². The van der Waals surface area contributed by atoms with Gasteiger partial charge in [-0.2, -0.15) is 6.92 Å². The van der Waals surface area contributed by atoms with Crippen LogP contribution in [0.5, 0.6) is 0 Å². The third-order valence-corrected chi connectivity index (χ3v) is 0. The van der Waals surface area contributed by atoms with Crippen molar-refractivity contribution in [2.45, 2.75) is 6.92 Å². The molecule has 0 spiro atoms. The van der Waals surface area contributed by atoms with Crippen LogP contribution in [0, 0.1) is 6.92 Å². The predicted molar refractivity (Wildman–Crippen MR) is 11.0 cm³/mol. The Morgan fingerprint density at radius 1 is 1.50 bits per heavy atom. The molecule has 0 aromatic carbocycles. The summed E-state index contributed by atoms with van der Waals surface area (Å²) in [7, 11) is 0. The van der Waals surface area contributed by atoms with Crippen molar-refractivity contribution in [2.24, 2.45) is 0 Å². The van der Waals surface area contributed by atoms with E-state index in [1.807, 2.05) is 0 Å². The van der Waals surface area contributed by atoms with Crippen LogP contribution in [0.1, 0.15) is 6.92 Å². The normalized spacial score (nSPS) is 2.75. The SMILES string of the molecule is [CH2-]C.[Fe]=[Fe+]. The molecule has 0 aliphatic rings. The van der Waals surface area contributed by atoms with Crippen LogP contribution >= 0.6 is 0 Å². The van der Waals surface area contributed by atoms with Gasteiger partial charge in [-0.05, 0) is 0 Å². The predicted octanol–water partition coefficient (Wildman–Crippen LogP) is 0.835. The summed E-state index contributed by atoms with van der Waals surface area (Å²) in [5, 5.41) is 0. The Morgan fingerprint density at radius 2 is 1.50 bits per heavy atom. The molecular weight excluding hydrogens is 136 g/mol. The minimum atomic E-state index is 1.75. The third-order valence-electron chi connectivity index (χ3n) is 0. The molecule has 0 unspecified atom stereocenters. The van der Waals surface area contributed by atoms with Crippen molar-refractivity contribution in [3.8, 4) is 0 Å². The second-order valence-electron chi connectivity index (χ2n) is 0. The van der Waals surface area contributed by atoms with Gasteiger partial charge in [0.1, 0.15) is 0 Å². The van der Waals surface area contributed by atoms with E-state index < -0.39 is 0 Å². The molecule has 0 N–H and O–H groups in total. The number of hydrogen-bond donors (Lipinski definition) is 0. The van der Waals surface area contributed by atoms with Gasteiger partial charge in [0.05, 0.1) is 0 Å². The molecule has 2 heteroatoms. The van der Waals surface area contributed by atoms with E-state index in [1.165, 1.54) is 0 Å². The van der Waals surface area contributed by atoms with Crippen molar-refractivity contribution < 1.29 is 27.3 Å². The van der Waals surface area contributed by atoms with Crippen LogP contribution in [-0.2, 0) is 27.3 Å². The van der Waals surface area contributed by atoms with Gasteiger partial charge in [0.25, 0.3) is 0 Å². The van der Waals surface area contributed by atoms with Crippen molar-refractivity contribution in [2.75, 3.05) is 0 Å².